The Balaban J connectivity index is 2.18. The van der Waals surface area contributed by atoms with Crippen molar-refractivity contribution in [2.75, 3.05) is 0 Å². The number of rotatable bonds is 3. The molecule has 1 aliphatic carbocycles. The van der Waals surface area contributed by atoms with E-state index in [0.29, 0.717) is 17.7 Å². The quantitative estimate of drug-likeness (QED) is 0.589. The fourth-order valence-electron chi connectivity index (χ4n) is 1.39. The number of hydrogen-bond donors (Lipinski definition) is 0. The standard InChI is InChI=1S/C13H10O2S/c14-9-10-3-1-2-4-13(10)15-11-5-7-12(16)8-6-11/h1-7,9H,8H2. The van der Waals surface area contributed by atoms with Gasteiger partial charge in [0.1, 0.15) is 11.5 Å². The fraction of sp³-hybridized carbons (Fsp3) is 0.0769. The van der Waals surface area contributed by atoms with E-state index in [-0.39, 0.29) is 0 Å². The maximum atomic E-state index is 10.8. The van der Waals surface area contributed by atoms with Gasteiger partial charge in [-0.2, -0.15) is 0 Å². The molecule has 0 aromatic heterocycles. The van der Waals surface area contributed by atoms with Crippen LogP contribution in [-0.4, -0.2) is 11.2 Å². The first-order chi connectivity index (χ1) is 7.79. The van der Waals surface area contributed by atoms with Gasteiger partial charge in [-0.15, -0.1) is 0 Å². The molecule has 0 bridgehead atoms. The van der Waals surface area contributed by atoms with Gasteiger partial charge in [0.15, 0.2) is 6.29 Å². The van der Waals surface area contributed by atoms with Gasteiger partial charge in [0.2, 0.25) is 0 Å². The molecule has 0 N–H and O–H groups in total. The van der Waals surface area contributed by atoms with E-state index >= 15 is 0 Å². The van der Waals surface area contributed by atoms with Crippen molar-refractivity contribution >= 4 is 23.4 Å². The molecule has 0 aliphatic heterocycles. The topological polar surface area (TPSA) is 26.3 Å². The van der Waals surface area contributed by atoms with E-state index in [4.69, 9.17) is 17.0 Å². The molecule has 0 radical (unpaired) electrons. The van der Waals surface area contributed by atoms with Crippen molar-refractivity contribution in [3.05, 3.63) is 53.8 Å². The lowest BCUT2D eigenvalue weighted by molar-refractivity contribution is 0.112. The lowest BCUT2D eigenvalue weighted by Crippen LogP contribution is -2.01. The molecule has 0 saturated carbocycles. The van der Waals surface area contributed by atoms with Gasteiger partial charge in [-0.1, -0.05) is 24.4 Å². The second-order valence-electron chi connectivity index (χ2n) is 3.37. The minimum absolute atomic E-state index is 0.546. The lowest BCUT2D eigenvalue weighted by Gasteiger charge is -2.11. The molecule has 1 aromatic rings. The highest BCUT2D eigenvalue weighted by Gasteiger charge is 2.06. The molecule has 3 heteroatoms. The van der Waals surface area contributed by atoms with Crippen LogP contribution in [0.3, 0.4) is 0 Å². The van der Waals surface area contributed by atoms with Crippen LogP contribution in [0.15, 0.2) is 48.3 Å². The molecule has 2 nitrogen and oxygen atoms in total. The van der Waals surface area contributed by atoms with Gasteiger partial charge in [0, 0.05) is 11.3 Å². The number of thiocarbonyl (C=S) groups is 1. The van der Waals surface area contributed by atoms with Crippen molar-refractivity contribution in [3.8, 4) is 5.75 Å². The molecule has 2 rings (SSSR count). The summed E-state index contributed by atoms with van der Waals surface area (Å²) in [7, 11) is 0. The van der Waals surface area contributed by atoms with Crippen LogP contribution >= 0.6 is 12.2 Å². The van der Waals surface area contributed by atoms with Gasteiger partial charge < -0.3 is 4.74 Å². The van der Waals surface area contributed by atoms with Gasteiger partial charge in [0.05, 0.1) is 5.56 Å². The molecule has 0 atom stereocenters. The predicted octanol–water partition coefficient (Wildman–Crippen LogP) is 3.09. The molecular formula is C13H10O2S. The van der Waals surface area contributed by atoms with E-state index in [9.17, 15) is 4.79 Å². The van der Waals surface area contributed by atoms with Crippen molar-refractivity contribution in [1.82, 2.24) is 0 Å². The first-order valence-electron chi connectivity index (χ1n) is 4.93. The zero-order valence-electron chi connectivity index (χ0n) is 8.55. The highest BCUT2D eigenvalue weighted by molar-refractivity contribution is 7.80. The number of aldehydes is 1. The largest absolute Gasteiger partial charge is 0.457 e. The summed E-state index contributed by atoms with van der Waals surface area (Å²) >= 11 is 5.03. The monoisotopic (exact) mass is 230 g/mol. The van der Waals surface area contributed by atoms with E-state index in [1.807, 2.05) is 24.3 Å². The summed E-state index contributed by atoms with van der Waals surface area (Å²) in [6, 6.07) is 7.13. The molecule has 0 unspecified atom stereocenters. The number of hydrogen-bond acceptors (Lipinski definition) is 3. The highest BCUT2D eigenvalue weighted by Crippen LogP contribution is 2.20. The Kier molecular flexibility index (Phi) is 3.27. The average Bonchev–Trinajstić information content (AvgIpc) is 2.33. The van der Waals surface area contributed by atoms with E-state index in [0.717, 1.165) is 16.9 Å². The van der Waals surface area contributed by atoms with Gasteiger partial charge in [-0.3, -0.25) is 4.79 Å². The van der Waals surface area contributed by atoms with Crippen molar-refractivity contribution in [2.24, 2.45) is 0 Å². The van der Waals surface area contributed by atoms with Crippen LogP contribution < -0.4 is 4.74 Å². The minimum atomic E-state index is 0.546. The number of carbonyl (C=O) groups is 1. The molecule has 80 valence electrons. The minimum Gasteiger partial charge on any atom is -0.457 e. The van der Waals surface area contributed by atoms with Gasteiger partial charge in [-0.05, 0) is 30.4 Å². The second-order valence-corrected chi connectivity index (χ2v) is 3.89. The summed E-state index contributed by atoms with van der Waals surface area (Å²) in [6.45, 7) is 0. The zero-order valence-corrected chi connectivity index (χ0v) is 9.37. The Morgan fingerprint density at radius 1 is 1.25 bits per heavy atom. The molecular weight excluding hydrogens is 220 g/mol. The van der Waals surface area contributed by atoms with Crippen molar-refractivity contribution in [2.45, 2.75) is 6.42 Å². The first-order valence-corrected chi connectivity index (χ1v) is 5.33. The first kappa shape index (κ1) is 10.8. The third-order valence-corrected chi connectivity index (χ3v) is 2.51. The van der Waals surface area contributed by atoms with E-state index in [2.05, 4.69) is 0 Å². The van der Waals surface area contributed by atoms with Gasteiger partial charge in [0.25, 0.3) is 0 Å². The van der Waals surface area contributed by atoms with Gasteiger partial charge >= 0.3 is 0 Å². The molecule has 1 aliphatic rings. The Morgan fingerprint density at radius 2 is 2.06 bits per heavy atom. The van der Waals surface area contributed by atoms with Crippen LogP contribution in [0, 0.1) is 0 Å². The predicted molar refractivity (Wildman–Crippen MR) is 66.9 cm³/mol. The van der Waals surface area contributed by atoms with Crippen LogP contribution in [0.25, 0.3) is 0 Å². The molecule has 0 fully saturated rings. The third-order valence-electron chi connectivity index (χ3n) is 2.21. The molecule has 0 heterocycles. The lowest BCUT2D eigenvalue weighted by atomic mass is 10.1. The molecule has 16 heavy (non-hydrogen) atoms. The second kappa shape index (κ2) is 4.86. The summed E-state index contributed by atoms with van der Waals surface area (Å²) in [5.41, 5.74) is 0.546. The van der Waals surface area contributed by atoms with Crippen LogP contribution in [0.2, 0.25) is 0 Å². The summed E-state index contributed by atoms with van der Waals surface area (Å²) < 4.78 is 5.61. The van der Waals surface area contributed by atoms with Crippen molar-refractivity contribution in [1.29, 1.82) is 0 Å². The summed E-state index contributed by atoms with van der Waals surface area (Å²) in [5, 5.41) is 0. The Labute approximate surface area is 99.2 Å². The Bertz CT molecular complexity index is 486. The van der Waals surface area contributed by atoms with Crippen LogP contribution in [-0.2, 0) is 0 Å². The maximum Gasteiger partial charge on any atom is 0.153 e. The number of benzene rings is 1. The van der Waals surface area contributed by atoms with Crippen LogP contribution in [0.1, 0.15) is 16.8 Å². The summed E-state index contributed by atoms with van der Waals surface area (Å²) in [5.74, 6) is 1.30. The average molecular weight is 230 g/mol. The fourth-order valence-corrected chi connectivity index (χ4v) is 1.54. The summed E-state index contributed by atoms with van der Waals surface area (Å²) in [6.07, 6.45) is 7.06. The molecule has 0 amide bonds. The maximum absolute atomic E-state index is 10.8. The van der Waals surface area contributed by atoms with Crippen molar-refractivity contribution in [3.63, 3.8) is 0 Å². The number of carbonyl (C=O) groups excluding carboxylic acids is 1. The highest BCUT2D eigenvalue weighted by atomic mass is 32.1. The SMILES string of the molecule is O=Cc1ccccc1OC1=CCC(=S)C=C1. The van der Waals surface area contributed by atoms with E-state index in [1.165, 1.54) is 0 Å². The van der Waals surface area contributed by atoms with Crippen molar-refractivity contribution < 1.29 is 9.53 Å². The number of allylic oxidation sites excluding steroid dienone is 3. The number of ether oxygens (including phenoxy) is 1. The summed E-state index contributed by atoms with van der Waals surface area (Å²) in [4.78, 5) is 11.7. The van der Waals surface area contributed by atoms with E-state index in [1.54, 1.807) is 18.2 Å². The number of para-hydroxylation sites is 1. The van der Waals surface area contributed by atoms with Crippen LogP contribution in [0.4, 0.5) is 0 Å². The third kappa shape index (κ3) is 2.44. The molecule has 0 spiro atoms. The van der Waals surface area contributed by atoms with Gasteiger partial charge in [-0.25, -0.2) is 0 Å². The molecule has 1 aromatic carbocycles. The smallest absolute Gasteiger partial charge is 0.153 e. The van der Waals surface area contributed by atoms with Crippen LogP contribution in [0.5, 0.6) is 5.75 Å². The van der Waals surface area contributed by atoms with E-state index < -0.39 is 0 Å². The zero-order chi connectivity index (χ0) is 11.4. The normalized spacial score (nSPS) is 14.5. The Hall–Kier alpha value is -1.74. The Morgan fingerprint density at radius 3 is 2.75 bits per heavy atom. The molecule has 0 saturated heterocycles.